The van der Waals surface area contributed by atoms with E-state index in [1.165, 1.54) is 0 Å². The fraction of sp³-hybridized carbons (Fsp3) is 0.267. The van der Waals surface area contributed by atoms with Crippen molar-refractivity contribution in [1.82, 2.24) is 15.0 Å². The highest BCUT2D eigenvalue weighted by atomic mass is 32.1. The van der Waals surface area contributed by atoms with Gasteiger partial charge in [0.15, 0.2) is 5.82 Å². The summed E-state index contributed by atoms with van der Waals surface area (Å²) in [5, 5.41) is 4.91. The lowest BCUT2D eigenvalue weighted by Crippen LogP contribution is -2.32. The number of fused-ring (bicyclic) bond motifs is 2. The number of imidazole rings is 1. The molecule has 5 nitrogen and oxygen atoms in total. The van der Waals surface area contributed by atoms with E-state index < -0.39 is 0 Å². The molecule has 0 fully saturated rings. The van der Waals surface area contributed by atoms with Crippen LogP contribution < -0.4 is 5.32 Å². The third-order valence-corrected chi connectivity index (χ3v) is 4.49. The molecular formula is C15H14N4OS. The minimum absolute atomic E-state index is 0.0575. The number of aromatic nitrogens is 3. The second kappa shape index (κ2) is 4.14. The van der Waals surface area contributed by atoms with Gasteiger partial charge in [-0.05, 0) is 17.7 Å². The number of carbonyl (C=O) groups is 1. The van der Waals surface area contributed by atoms with Crippen LogP contribution in [0.3, 0.4) is 0 Å². The number of nitrogens with zero attached hydrogens (tertiary/aromatic N) is 2. The number of carbonyl (C=O) groups excluding carboxylic acids is 1. The normalized spacial score (nSPS) is 16.8. The van der Waals surface area contributed by atoms with Gasteiger partial charge < -0.3 is 10.3 Å². The Hall–Kier alpha value is -2.21. The summed E-state index contributed by atoms with van der Waals surface area (Å²) >= 11 is 1.54. The van der Waals surface area contributed by atoms with E-state index in [0.717, 1.165) is 33.8 Å². The minimum atomic E-state index is -0.169. The van der Waals surface area contributed by atoms with Crippen molar-refractivity contribution >= 4 is 34.0 Å². The van der Waals surface area contributed by atoms with E-state index in [4.69, 9.17) is 0 Å². The summed E-state index contributed by atoms with van der Waals surface area (Å²) in [6.45, 7) is 4.18. The highest BCUT2D eigenvalue weighted by molar-refractivity contribution is 7.07. The summed E-state index contributed by atoms with van der Waals surface area (Å²) < 4.78 is 0. The van der Waals surface area contributed by atoms with Gasteiger partial charge in [-0.25, -0.2) is 9.97 Å². The molecule has 3 aromatic rings. The molecule has 3 heterocycles. The lowest BCUT2D eigenvalue weighted by atomic mass is 9.78. The molecular weight excluding hydrogens is 284 g/mol. The van der Waals surface area contributed by atoms with Crippen LogP contribution in [-0.2, 0) is 10.2 Å². The van der Waals surface area contributed by atoms with Crippen molar-refractivity contribution in [3.05, 3.63) is 28.6 Å². The minimum Gasteiger partial charge on any atom is -0.337 e. The molecule has 1 aliphatic rings. The van der Waals surface area contributed by atoms with E-state index >= 15 is 0 Å². The van der Waals surface area contributed by atoms with Gasteiger partial charge in [0.2, 0.25) is 5.91 Å². The van der Waals surface area contributed by atoms with Gasteiger partial charge in [0, 0.05) is 22.9 Å². The van der Waals surface area contributed by atoms with Crippen molar-refractivity contribution < 1.29 is 4.79 Å². The fourth-order valence-electron chi connectivity index (χ4n) is 2.86. The Bertz CT molecular complexity index is 848. The maximum atomic E-state index is 11.8. The second-order valence-corrected chi connectivity index (χ2v) is 6.70. The number of hydrogen-bond acceptors (Lipinski definition) is 4. The van der Waals surface area contributed by atoms with Crippen LogP contribution in [0.1, 0.15) is 25.8 Å². The molecule has 1 amide bonds. The molecule has 4 rings (SSSR count). The van der Waals surface area contributed by atoms with Crippen molar-refractivity contribution in [1.29, 1.82) is 0 Å². The Morgan fingerprint density at radius 3 is 2.95 bits per heavy atom. The lowest BCUT2D eigenvalue weighted by molar-refractivity contribution is -0.117. The van der Waals surface area contributed by atoms with Crippen LogP contribution in [0.25, 0.3) is 22.6 Å². The molecule has 106 valence electrons. The molecule has 1 aromatic carbocycles. The van der Waals surface area contributed by atoms with Crippen LogP contribution in [-0.4, -0.2) is 20.9 Å². The molecule has 2 N–H and O–H groups in total. The standard InChI is InChI=1S/C15H14N4OS/c1-15(2)5-13(20)17-9-4-11-10(3-8(9)15)18-14(19-11)12-6-21-7-16-12/h3-4,6-7H,5H2,1-2H3,(H,17,20)(H,18,19). The maximum absolute atomic E-state index is 11.8. The summed E-state index contributed by atoms with van der Waals surface area (Å²) in [7, 11) is 0. The average Bonchev–Trinajstić information content (AvgIpc) is 3.04. The number of H-pyrrole nitrogens is 1. The van der Waals surface area contributed by atoms with Gasteiger partial charge in [-0.3, -0.25) is 4.79 Å². The summed E-state index contributed by atoms with van der Waals surface area (Å²) in [6.07, 6.45) is 0.499. The van der Waals surface area contributed by atoms with Gasteiger partial charge in [0.05, 0.1) is 16.5 Å². The molecule has 0 atom stereocenters. The van der Waals surface area contributed by atoms with E-state index in [9.17, 15) is 4.79 Å². The Morgan fingerprint density at radius 1 is 1.33 bits per heavy atom. The van der Waals surface area contributed by atoms with Gasteiger partial charge in [0.25, 0.3) is 0 Å². The van der Waals surface area contributed by atoms with Crippen molar-refractivity contribution in [2.75, 3.05) is 5.32 Å². The van der Waals surface area contributed by atoms with Crippen molar-refractivity contribution in [3.63, 3.8) is 0 Å². The van der Waals surface area contributed by atoms with Crippen LogP contribution in [0.2, 0.25) is 0 Å². The van der Waals surface area contributed by atoms with E-state index in [0.29, 0.717) is 6.42 Å². The highest BCUT2D eigenvalue weighted by Gasteiger charge is 2.32. The molecule has 0 radical (unpaired) electrons. The number of amides is 1. The average molecular weight is 298 g/mol. The Morgan fingerprint density at radius 2 is 2.19 bits per heavy atom. The first kappa shape index (κ1) is 12.5. The van der Waals surface area contributed by atoms with Crippen molar-refractivity contribution in [2.24, 2.45) is 0 Å². The molecule has 0 saturated carbocycles. The molecule has 0 saturated heterocycles. The van der Waals surface area contributed by atoms with Crippen LogP contribution in [0.5, 0.6) is 0 Å². The summed E-state index contributed by atoms with van der Waals surface area (Å²) in [4.78, 5) is 24.0. The smallest absolute Gasteiger partial charge is 0.225 e. The molecule has 0 spiro atoms. The van der Waals surface area contributed by atoms with Gasteiger partial charge in [-0.2, -0.15) is 0 Å². The maximum Gasteiger partial charge on any atom is 0.225 e. The Kier molecular flexibility index (Phi) is 2.47. The molecule has 0 unspecified atom stereocenters. The Balaban J connectivity index is 1.92. The predicted octanol–water partition coefficient (Wildman–Crippen LogP) is 3.31. The van der Waals surface area contributed by atoms with Crippen molar-refractivity contribution in [3.8, 4) is 11.5 Å². The zero-order valence-corrected chi connectivity index (χ0v) is 12.5. The molecule has 6 heteroatoms. The van der Waals surface area contributed by atoms with Crippen LogP contribution >= 0.6 is 11.3 Å². The first-order valence-corrected chi connectivity index (χ1v) is 7.70. The number of aromatic amines is 1. The highest BCUT2D eigenvalue weighted by Crippen LogP contribution is 2.39. The first-order chi connectivity index (χ1) is 10.0. The molecule has 21 heavy (non-hydrogen) atoms. The number of thiazole rings is 1. The largest absolute Gasteiger partial charge is 0.337 e. The molecule has 0 aliphatic carbocycles. The fourth-order valence-corrected chi connectivity index (χ4v) is 3.40. The SMILES string of the molecule is CC1(C)CC(=O)Nc2cc3nc(-c4cscn4)[nH]c3cc21. The summed E-state index contributed by atoms with van der Waals surface area (Å²) in [5.74, 6) is 0.819. The van der Waals surface area contributed by atoms with Gasteiger partial charge in [0.1, 0.15) is 5.69 Å². The quantitative estimate of drug-likeness (QED) is 0.724. The second-order valence-electron chi connectivity index (χ2n) is 5.98. The topological polar surface area (TPSA) is 70.7 Å². The monoisotopic (exact) mass is 298 g/mol. The van der Waals surface area contributed by atoms with Crippen molar-refractivity contribution in [2.45, 2.75) is 25.7 Å². The van der Waals surface area contributed by atoms with Gasteiger partial charge >= 0.3 is 0 Å². The van der Waals surface area contributed by atoms with Gasteiger partial charge in [-0.15, -0.1) is 11.3 Å². The third-order valence-electron chi connectivity index (χ3n) is 3.90. The summed E-state index contributed by atoms with van der Waals surface area (Å²) in [5.41, 5.74) is 6.28. The van der Waals surface area contributed by atoms with E-state index in [2.05, 4.69) is 40.2 Å². The van der Waals surface area contributed by atoms with Crippen LogP contribution in [0, 0.1) is 0 Å². The lowest BCUT2D eigenvalue weighted by Gasteiger charge is -2.31. The first-order valence-electron chi connectivity index (χ1n) is 6.76. The van der Waals surface area contributed by atoms with Crippen LogP contribution in [0.15, 0.2) is 23.0 Å². The number of anilines is 1. The number of nitrogens with one attached hydrogen (secondary N) is 2. The molecule has 1 aliphatic heterocycles. The zero-order valence-electron chi connectivity index (χ0n) is 11.7. The van der Waals surface area contributed by atoms with Gasteiger partial charge in [-0.1, -0.05) is 13.8 Å². The third kappa shape index (κ3) is 1.94. The molecule has 0 bridgehead atoms. The predicted molar refractivity (Wildman–Crippen MR) is 83.5 cm³/mol. The Labute approximate surface area is 125 Å². The zero-order chi connectivity index (χ0) is 14.6. The molecule has 2 aromatic heterocycles. The van der Waals surface area contributed by atoms with E-state index in [1.54, 1.807) is 16.8 Å². The summed E-state index contributed by atoms with van der Waals surface area (Å²) in [6, 6.07) is 4.03. The van der Waals surface area contributed by atoms with E-state index in [1.807, 2.05) is 11.4 Å². The number of hydrogen-bond donors (Lipinski definition) is 2. The van der Waals surface area contributed by atoms with E-state index in [-0.39, 0.29) is 11.3 Å². The van der Waals surface area contributed by atoms with Crippen LogP contribution in [0.4, 0.5) is 5.69 Å². The number of benzene rings is 1. The number of rotatable bonds is 1.